The van der Waals surface area contributed by atoms with Gasteiger partial charge < -0.3 is 15.2 Å². The van der Waals surface area contributed by atoms with Crippen molar-refractivity contribution in [1.82, 2.24) is 15.1 Å². The molecule has 3 aliphatic rings. The van der Waals surface area contributed by atoms with Gasteiger partial charge in [-0.25, -0.2) is 0 Å². The van der Waals surface area contributed by atoms with Crippen molar-refractivity contribution in [2.24, 2.45) is 17.8 Å². The van der Waals surface area contributed by atoms with Crippen LogP contribution in [0.15, 0.2) is 6.20 Å². The third-order valence-corrected chi connectivity index (χ3v) is 7.08. The molecule has 5 atom stereocenters. The Labute approximate surface area is 168 Å². The summed E-state index contributed by atoms with van der Waals surface area (Å²) < 4.78 is 7.55. The molecule has 0 aliphatic heterocycles. The number of hydrogen-bond donors (Lipinski definition) is 2. The number of aliphatic hydroxyl groups is 1. The Morgan fingerprint density at radius 3 is 2.86 bits per heavy atom. The molecule has 2 N–H and O–H groups in total. The van der Waals surface area contributed by atoms with E-state index in [1.54, 1.807) is 6.20 Å². The number of rotatable bonds is 5. The fraction of sp³-hybridized carbons (Fsp3) is 0.818. The van der Waals surface area contributed by atoms with Gasteiger partial charge in [-0.2, -0.15) is 5.10 Å². The van der Waals surface area contributed by atoms with E-state index >= 15 is 0 Å². The minimum atomic E-state index is -0.487. The molecule has 3 saturated carbocycles. The summed E-state index contributed by atoms with van der Waals surface area (Å²) >= 11 is 0. The zero-order valence-corrected chi connectivity index (χ0v) is 17.7. The number of carbonyl (C=O) groups excluding carboxylic acids is 1. The Kier molecular flexibility index (Phi) is 5.07. The average Bonchev–Trinajstić information content (AvgIpc) is 3.11. The van der Waals surface area contributed by atoms with Crippen LogP contribution in [0, 0.1) is 17.8 Å². The summed E-state index contributed by atoms with van der Waals surface area (Å²) in [4.78, 5) is 13.2. The van der Waals surface area contributed by atoms with Gasteiger partial charge in [0, 0.05) is 12.6 Å². The summed E-state index contributed by atoms with van der Waals surface area (Å²) in [6.45, 7) is 9.19. The van der Waals surface area contributed by atoms with Crippen LogP contribution >= 0.6 is 0 Å². The summed E-state index contributed by atoms with van der Waals surface area (Å²) in [5.74, 6) is 1.52. The van der Waals surface area contributed by atoms with E-state index < -0.39 is 5.60 Å². The molecule has 156 valence electrons. The lowest BCUT2D eigenvalue weighted by Crippen LogP contribution is -2.42. The molecule has 3 bridgehead atoms. The molecule has 6 heteroatoms. The second kappa shape index (κ2) is 7.13. The maximum atomic E-state index is 13.2. The quantitative estimate of drug-likeness (QED) is 0.811. The number of amides is 1. The first-order chi connectivity index (χ1) is 13.2. The summed E-state index contributed by atoms with van der Waals surface area (Å²) in [5, 5.41) is 18.7. The van der Waals surface area contributed by atoms with E-state index in [0.717, 1.165) is 37.8 Å². The highest BCUT2D eigenvalue weighted by molar-refractivity contribution is 5.95. The van der Waals surface area contributed by atoms with Crippen LogP contribution in [0.3, 0.4) is 0 Å². The molecule has 6 nitrogen and oxygen atoms in total. The van der Waals surface area contributed by atoms with Gasteiger partial charge in [-0.05, 0) is 84.0 Å². The van der Waals surface area contributed by atoms with Crippen LogP contribution in [0.2, 0.25) is 0 Å². The highest BCUT2D eigenvalue weighted by atomic mass is 16.5. The number of carbonyl (C=O) groups is 1. The molecule has 0 aromatic carbocycles. The van der Waals surface area contributed by atoms with Gasteiger partial charge in [0.15, 0.2) is 0 Å². The van der Waals surface area contributed by atoms with Crippen LogP contribution < -0.4 is 5.32 Å². The van der Waals surface area contributed by atoms with Crippen molar-refractivity contribution in [3.8, 4) is 0 Å². The summed E-state index contributed by atoms with van der Waals surface area (Å²) in [6, 6.07) is 0.148. The smallest absolute Gasteiger partial charge is 0.255 e. The first-order valence-corrected chi connectivity index (χ1v) is 10.9. The third kappa shape index (κ3) is 3.61. The summed E-state index contributed by atoms with van der Waals surface area (Å²) in [7, 11) is 0. The Morgan fingerprint density at radius 2 is 2.14 bits per heavy atom. The highest BCUT2D eigenvalue weighted by Crippen LogP contribution is 2.55. The Hall–Kier alpha value is -1.40. The molecular weight excluding hydrogens is 354 g/mol. The zero-order chi connectivity index (χ0) is 20.1. The van der Waals surface area contributed by atoms with Crippen LogP contribution in [-0.2, 0) is 16.9 Å². The topological polar surface area (TPSA) is 76.4 Å². The SMILES string of the molecule is CCOCc1c(C(=O)NC2CCC3CC4CC(O)(C3)CC42)cnn1C(C)(C)C. The number of nitrogens with zero attached hydrogens (tertiary/aromatic N) is 2. The second-order valence-corrected chi connectivity index (χ2v) is 10.2. The van der Waals surface area contributed by atoms with Gasteiger partial charge in [-0.15, -0.1) is 0 Å². The summed E-state index contributed by atoms with van der Waals surface area (Å²) in [6.07, 6.45) is 7.73. The predicted octanol–water partition coefficient (Wildman–Crippen LogP) is 3.23. The van der Waals surface area contributed by atoms with E-state index in [-0.39, 0.29) is 17.5 Å². The number of ether oxygens (including phenoxy) is 1. The average molecular weight is 390 g/mol. The molecule has 1 heterocycles. The van der Waals surface area contributed by atoms with Gasteiger partial charge in [0.2, 0.25) is 0 Å². The van der Waals surface area contributed by atoms with Crippen molar-refractivity contribution in [3.05, 3.63) is 17.5 Å². The number of fused-ring (bicyclic) bond motifs is 2. The van der Waals surface area contributed by atoms with E-state index in [9.17, 15) is 9.90 Å². The molecule has 4 rings (SSSR count). The first-order valence-electron chi connectivity index (χ1n) is 10.9. The maximum Gasteiger partial charge on any atom is 0.255 e. The first kappa shape index (κ1) is 19.9. The molecule has 1 aromatic rings. The van der Waals surface area contributed by atoms with Gasteiger partial charge in [0.05, 0.1) is 35.2 Å². The molecule has 28 heavy (non-hydrogen) atoms. The van der Waals surface area contributed by atoms with Crippen molar-refractivity contribution in [3.63, 3.8) is 0 Å². The zero-order valence-electron chi connectivity index (χ0n) is 17.7. The van der Waals surface area contributed by atoms with Crippen molar-refractivity contribution in [2.75, 3.05) is 6.61 Å². The predicted molar refractivity (Wildman–Crippen MR) is 107 cm³/mol. The van der Waals surface area contributed by atoms with E-state index in [4.69, 9.17) is 4.74 Å². The van der Waals surface area contributed by atoms with Gasteiger partial charge >= 0.3 is 0 Å². The largest absolute Gasteiger partial charge is 0.390 e. The lowest BCUT2D eigenvalue weighted by Gasteiger charge is -2.33. The van der Waals surface area contributed by atoms with E-state index in [2.05, 4.69) is 31.2 Å². The molecule has 0 spiro atoms. The lowest BCUT2D eigenvalue weighted by atomic mass is 9.77. The van der Waals surface area contributed by atoms with Gasteiger partial charge in [-0.1, -0.05) is 0 Å². The molecule has 0 saturated heterocycles. The van der Waals surface area contributed by atoms with Crippen LogP contribution in [0.1, 0.15) is 82.3 Å². The molecule has 1 aromatic heterocycles. The fourth-order valence-corrected chi connectivity index (χ4v) is 6.03. The number of aromatic nitrogens is 2. The fourth-order valence-electron chi connectivity index (χ4n) is 6.03. The monoisotopic (exact) mass is 389 g/mol. The lowest BCUT2D eigenvalue weighted by molar-refractivity contribution is -0.00594. The van der Waals surface area contributed by atoms with E-state index in [1.165, 1.54) is 6.42 Å². The Morgan fingerprint density at radius 1 is 1.36 bits per heavy atom. The molecule has 1 amide bonds. The normalized spacial score (nSPS) is 34.5. The van der Waals surface area contributed by atoms with Crippen LogP contribution in [0.25, 0.3) is 0 Å². The molecule has 3 aliphatic carbocycles. The van der Waals surface area contributed by atoms with E-state index in [0.29, 0.717) is 36.5 Å². The molecular formula is C22H35N3O3. The third-order valence-electron chi connectivity index (χ3n) is 7.08. The standard InChI is InChI=1S/C22H35N3O3/c1-5-28-13-19-17(12-23-25(19)21(2,3)4)20(26)24-18-7-6-14-8-15-10-22(27,9-14)11-16(15)18/h12,14-16,18,27H,5-11,13H2,1-4H3,(H,24,26). The van der Waals surface area contributed by atoms with Crippen LogP contribution in [0.4, 0.5) is 0 Å². The Bertz CT molecular complexity index is 738. The van der Waals surface area contributed by atoms with Gasteiger partial charge in [-0.3, -0.25) is 9.48 Å². The van der Waals surface area contributed by atoms with Crippen molar-refractivity contribution >= 4 is 5.91 Å². The van der Waals surface area contributed by atoms with Crippen molar-refractivity contribution in [1.29, 1.82) is 0 Å². The van der Waals surface area contributed by atoms with Crippen LogP contribution in [0.5, 0.6) is 0 Å². The van der Waals surface area contributed by atoms with Crippen molar-refractivity contribution in [2.45, 2.75) is 90.0 Å². The summed E-state index contributed by atoms with van der Waals surface area (Å²) in [5.41, 5.74) is 0.753. The second-order valence-electron chi connectivity index (χ2n) is 10.2. The van der Waals surface area contributed by atoms with Crippen molar-refractivity contribution < 1.29 is 14.6 Å². The minimum Gasteiger partial charge on any atom is -0.390 e. The van der Waals surface area contributed by atoms with Crippen LogP contribution in [-0.4, -0.2) is 39.0 Å². The molecule has 5 unspecified atom stereocenters. The minimum absolute atomic E-state index is 0.0524. The van der Waals surface area contributed by atoms with Gasteiger partial charge in [0.1, 0.15) is 0 Å². The van der Waals surface area contributed by atoms with Gasteiger partial charge in [0.25, 0.3) is 5.91 Å². The molecule has 3 fully saturated rings. The Balaban J connectivity index is 1.55. The highest BCUT2D eigenvalue weighted by Gasteiger charge is 2.53. The maximum absolute atomic E-state index is 13.2. The molecule has 0 radical (unpaired) electrons. The number of hydrogen-bond acceptors (Lipinski definition) is 4. The van der Waals surface area contributed by atoms with E-state index in [1.807, 2.05) is 11.6 Å². The number of nitrogens with one attached hydrogen (secondary N) is 1.